The number of pyridine rings is 1. The van der Waals surface area contributed by atoms with E-state index in [4.69, 9.17) is 19.9 Å². The van der Waals surface area contributed by atoms with Gasteiger partial charge < -0.3 is 30.2 Å². The first-order chi connectivity index (χ1) is 21.4. The van der Waals surface area contributed by atoms with E-state index in [1.54, 1.807) is 13.3 Å². The van der Waals surface area contributed by atoms with Crippen LogP contribution in [0.3, 0.4) is 0 Å². The topological polar surface area (TPSA) is 102 Å². The SMILES string of the molecule is CCOc1cc2ncc(CC(N)=O)c(Nc3cccc(CN4CCN(c5cccc(OC)c5)CC4)c3CC)c2cc1OCC. The number of benzene rings is 3. The first kappa shape index (κ1) is 30.9. The molecule has 0 saturated carbocycles. The molecule has 44 heavy (non-hydrogen) atoms. The van der Waals surface area contributed by atoms with E-state index in [1.807, 2.05) is 38.1 Å². The monoisotopic (exact) mass is 597 g/mol. The van der Waals surface area contributed by atoms with Crippen molar-refractivity contribution in [1.29, 1.82) is 0 Å². The molecule has 0 atom stereocenters. The van der Waals surface area contributed by atoms with Gasteiger partial charge in [0, 0.05) is 73.4 Å². The predicted octanol–water partition coefficient (Wildman–Crippen LogP) is 5.70. The molecule has 0 spiro atoms. The lowest BCUT2D eigenvalue weighted by atomic mass is 10.00. The van der Waals surface area contributed by atoms with E-state index < -0.39 is 5.91 Å². The molecule has 2 heterocycles. The van der Waals surface area contributed by atoms with Gasteiger partial charge in [0.25, 0.3) is 0 Å². The number of amides is 1. The molecule has 3 aromatic carbocycles. The number of carbonyl (C=O) groups is 1. The van der Waals surface area contributed by atoms with Gasteiger partial charge in [0.15, 0.2) is 11.5 Å². The van der Waals surface area contributed by atoms with Crippen molar-refractivity contribution < 1.29 is 19.0 Å². The summed E-state index contributed by atoms with van der Waals surface area (Å²) in [5.41, 5.74) is 12.7. The number of nitrogens with two attached hydrogens (primary N) is 1. The molecule has 1 aromatic heterocycles. The maximum atomic E-state index is 12.1. The summed E-state index contributed by atoms with van der Waals surface area (Å²) in [5.74, 6) is 1.75. The highest BCUT2D eigenvalue weighted by Crippen LogP contribution is 2.38. The van der Waals surface area contributed by atoms with Crippen LogP contribution in [-0.4, -0.2) is 62.3 Å². The van der Waals surface area contributed by atoms with Crippen LogP contribution in [0.4, 0.5) is 17.1 Å². The van der Waals surface area contributed by atoms with Gasteiger partial charge >= 0.3 is 0 Å². The zero-order valence-electron chi connectivity index (χ0n) is 26.2. The van der Waals surface area contributed by atoms with Crippen molar-refractivity contribution in [2.24, 2.45) is 5.73 Å². The third-order valence-corrected chi connectivity index (χ3v) is 8.05. The molecule has 1 amide bonds. The quantitative estimate of drug-likeness (QED) is 0.203. The minimum absolute atomic E-state index is 0.0706. The second-order valence-corrected chi connectivity index (χ2v) is 10.9. The third kappa shape index (κ3) is 7.00. The normalized spacial score (nSPS) is 13.6. The van der Waals surface area contributed by atoms with Crippen molar-refractivity contribution in [3.8, 4) is 17.2 Å². The van der Waals surface area contributed by atoms with Crippen LogP contribution in [0, 0.1) is 0 Å². The highest BCUT2D eigenvalue weighted by Gasteiger charge is 2.21. The highest BCUT2D eigenvalue weighted by atomic mass is 16.5. The zero-order chi connectivity index (χ0) is 31.1. The van der Waals surface area contributed by atoms with Crippen LogP contribution in [-0.2, 0) is 24.2 Å². The van der Waals surface area contributed by atoms with Gasteiger partial charge in [0.05, 0.1) is 37.9 Å². The van der Waals surface area contributed by atoms with Crippen molar-refractivity contribution >= 4 is 33.9 Å². The summed E-state index contributed by atoms with van der Waals surface area (Å²) in [6.07, 6.45) is 2.65. The first-order valence-electron chi connectivity index (χ1n) is 15.4. The maximum Gasteiger partial charge on any atom is 0.221 e. The Balaban J connectivity index is 1.42. The van der Waals surface area contributed by atoms with Crippen molar-refractivity contribution in [2.45, 2.75) is 40.2 Å². The third-order valence-electron chi connectivity index (χ3n) is 8.05. The number of methoxy groups -OCH3 is 1. The lowest BCUT2D eigenvalue weighted by Gasteiger charge is -2.36. The number of rotatable bonds is 13. The second-order valence-electron chi connectivity index (χ2n) is 10.9. The Morgan fingerprint density at radius 1 is 0.932 bits per heavy atom. The summed E-state index contributed by atoms with van der Waals surface area (Å²) in [6.45, 7) is 11.8. The van der Waals surface area contributed by atoms with Gasteiger partial charge in [-0.05, 0) is 55.7 Å². The van der Waals surface area contributed by atoms with E-state index >= 15 is 0 Å². The zero-order valence-corrected chi connectivity index (χ0v) is 26.2. The molecule has 1 aliphatic heterocycles. The summed E-state index contributed by atoms with van der Waals surface area (Å²) < 4.78 is 17.2. The minimum atomic E-state index is -0.414. The molecule has 0 bridgehead atoms. The molecule has 0 unspecified atom stereocenters. The van der Waals surface area contributed by atoms with E-state index in [9.17, 15) is 4.79 Å². The Morgan fingerprint density at radius 3 is 2.34 bits per heavy atom. The Hall–Kier alpha value is -4.50. The van der Waals surface area contributed by atoms with Crippen LogP contribution in [0.15, 0.2) is 60.8 Å². The summed E-state index contributed by atoms with van der Waals surface area (Å²) >= 11 is 0. The van der Waals surface area contributed by atoms with Gasteiger partial charge in [0.2, 0.25) is 5.91 Å². The average molecular weight is 598 g/mol. The van der Waals surface area contributed by atoms with Crippen LogP contribution in [0.25, 0.3) is 10.9 Å². The summed E-state index contributed by atoms with van der Waals surface area (Å²) in [7, 11) is 1.71. The fourth-order valence-electron chi connectivity index (χ4n) is 5.91. The van der Waals surface area contributed by atoms with Gasteiger partial charge in [0.1, 0.15) is 5.75 Å². The molecule has 1 fully saturated rings. The summed E-state index contributed by atoms with van der Waals surface area (Å²) in [6, 6.07) is 18.5. The summed E-state index contributed by atoms with van der Waals surface area (Å²) in [5, 5.41) is 4.54. The van der Waals surface area contributed by atoms with Crippen molar-refractivity contribution in [3.63, 3.8) is 0 Å². The largest absolute Gasteiger partial charge is 0.497 e. The molecule has 9 nitrogen and oxygen atoms in total. The Morgan fingerprint density at radius 2 is 1.66 bits per heavy atom. The van der Waals surface area contributed by atoms with Crippen LogP contribution >= 0.6 is 0 Å². The molecule has 1 saturated heterocycles. The molecule has 232 valence electrons. The fourth-order valence-corrected chi connectivity index (χ4v) is 5.91. The first-order valence-corrected chi connectivity index (χ1v) is 15.4. The number of aromatic nitrogens is 1. The number of nitrogens with zero attached hydrogens (tertiary/aromatic N) is 3. The van der Waals surface area contributed by atoms with Crippen LogP contribution in [0.2, 0.25) is 0 Å². The number of carbonyl (C=O) groups excluding carboxylic acids is 1. The molecule has 3 N–H and O–H groups in total. The Bertz CT molecular complexity index is 1600. The van der Waals surface area contributed by atoms with Crippen LogP contribution in [0.5, 0.6) is 17.2 Å². The van der Waals surface area contributed by atoms with Crippen molar-refractivity contribution in [3.05, 3.63) is 77.5 Å². The molecular formula is C35H43N5O4. The number of anilines is 3. The number of nitrogens with one attached hydrogen (secondary N) is 1. The van der Waals surface area contributed by atoms with Gasteiger partial charge in [-0.15, -0.1) is 0 Å². The molecule has 4 aromatic rings. The van der Waals surface area contributed by atoms with Gasteiger partial charge in [-0.2, -0.15) is 0 Å². The van der Waals surface area contributed by atoms with Gasteiger partial charge in [-0.3, -0.25) is 14.7 Å². The molecule has 5 rings (SSSR count). The van der Waals surface area contributed by atoms with Crippen molar-refractivity contribution in [2.75, 3.05) is 56.7 Å². The van der Waals surface area contributed by atoms with E-state index in [1.165, 1.54) is 16.8 Å². The Kier molecular flexibility index (Phi) is 10.1. The number of hydrogen-bond acceptors (Lipinski definition) is 8. The molecule has 0 aliphatic carbocycles. The maximum absolute atomic E-state index is 12.1. The lowest BCUT2D eigenvalue weighted by Crippen LogP contribution is -2.46. The lowest BCUT2D eigenvalue weighted by molar-refractivity contribution is -0.117. The van der Waals surface area contributed by atoms with E-state index in [2.05, 4.69) is 57.4 Å². The predicted molar refractivity (Wildman–Crippen MR) is 177 cm³/mol. The van der Waals surface area contributed by atoms with E-state index in [0.717, 1.165) is 72.7 Å². The Labute approximate surface area is 259 Å². The minimum Gasteiger partial charge on any atom is -0.497 e. The van der Waals surface area contributed by atoms with Crippen LogP contribution in [0.1, 0.15) is 37.5 Å². The van der Waals surface area contributed by atoms with E-state index in [0.29, 0.717) is 24.7 Å². The standard InChI is InChI=1S/C35H43N5O4/c1-5-28-24(23-39-14-16-40(17-15-39)26-11-9-12-27(19-26)42-4)10-8-13-30(28)38-35-25(18-34(36)41)22-37-31-21-33(44-7-3)32(43-6-2)20-29(31)35/h8-13,19-22H,5-7,14-18,23H2,1-4H3,(H2,36,41)(H,37,38). The number of fused-ring (bicyclic) bond motifs is 1. The number of ether oxygens (including phenoxy) is 3. The molecule has 1 aliphatic rings. The number of primary amides is 1. The average Bonchev–Trinajstić information content (AvgIpc) is 3.03. The van der Waals surface area contributed by atoms with Gasteiger partial charge in [-0.1, -0.05) is 25.1 Å². The molecule has 0 radical (unpaired) electrons. The van der Waals surface area contributed by atoms with Crippen LogP contribution < -0.4 is 30.2 Å². The van der Waals surface area contributed by atoms with E-state index in [-0.39, 0.29) is 6.42 Å². The fraction of sp³-hybridized carbons (Fsp3) is 0.371. The highest BCUT2D eigenvalue weighted by molar-refractivity contribution is 5.98. The molecular weight excluding hydrogens is 554 g/mol. The van der Waals surface area contributed by atoms with Crippen molar-refractivity contribution in [1.82, 2.24) is 9.88 Å². The molecule has 9 heteroatoms. The summed E-state index contributed by atoms with van der Waals surface area (Å²) in [4.78, 5) is 21.7. The van der Waals surface area contributed by atoms with Gasteiger partial charge in [-0.25, -0.2) is 0 Å². The number of hydrogen-bond donors (Lipinski definition) is 2. The second kappa shape index (κ2) is 14.3. The smallest absolute Gasteiger partial charge is 0.221 e. The number of piperazine rings is 1.